The number of ether oxygens (including phenoxy) is 2. The number of unbranched alkanes of at least 4 members (excludes halogenated alkanes) is 3. The van der Waals surface area contributed by atoms with Crippen molar-refractivity contribution in [1.29, 1.82) is 0 Å². The molecule has 1 atom stereocenters. The van der Waals surface area contributed by atoms with E-state index < -0.39 is 0 Å². The SMILES string of the molecule is CC(=S)CCCCCCOC1CCCCO1. The highest BCUT2D eigenvalue weighted by Crippen LogP contribution is 2.14. The summed E-state index contributed by atoms with van der Waals surface area (Å²) in [5.74, 6) is 0. The average molecular weight is 244 g/mol. The van der Waals surface area contributed by atoms with Gasteiger partial charge in [0.05, 0.1) is 0 Å². The molecule has 0 amide bonds. The van der Waals surface area contributed by atoms with Crippen molar-refractivity contribution >= 4 is 17.1 Å². The van der Waals surface area contributed by atoms with Gasteiger partial charge in [-0.25, -0.2) is 0 Å². The Morgan fingerprint density at radius 3 is 2.75 bits per heavy atom. The fourth-order valence-electron chi connectivity index (χ4n) is 1.89. The van der Waals surface area contributed by atoms with Gasteiger partial charge in [-0.05, 0) is 50.3 Å². The van der Waals surface area contributed by atoms with Crippen molar-refractivity contribution < 1.29 is 9.47 Å². The molecule has 1 aliphatic rings. The predicted molar refractivity (Wildman–Crippen MR) is 70.9 cm³/mol. The molecule has 1 rings (SSSR count). The minimum atomic E-state index is 0.0805. The summed E-state index contributed by atoms with van der Waals surface area (Å²) in [5.41, 5.74) is 0. The lowest BCUT2D eigenvalue weighted by Crippen LogP contribution is -2.22. The van der Waals surface area contributed by atoms with E-state index >= 15 is 0 Å². The second kappa shape index (κ2) is 9.08. The molecule has 1 saturated heterocycles. The lowest BCUT2D eigenvalue weighted by Gasteiger charge is -2.22. The van der Waals surface area contributed by atoms with Gasteiger partial charge < -0.3 is 9.47 Å². The normalized spacial score (nSPS) is 20.9. The zero-order valence-corrected chi connectivity index (χ0v) is 11.2. The molecule has 1 heterocycles. The lowest BCUT2D eigenvalue weighted by molar-refractivity contribution is -0.162. The van der Waals surface area contributed by atoms with E-state index in [1.54, 1.807) is 0 Å². The van der Waals surface area contributed by atoms with Crippen molar-refractivity contribution in [1.82, 2.24) is 0 Å². The van der Waals surface area contributed by atoms with E-state index in [9.17, 15) is 0 Å². The third-order valence-electron chi connectivity index (χ3n) is 2.86. The maximum Gasteiger partial charge on any atom is 0.157 e. The van der Waals surface area contributed by atoms with Crippen molar-refractivity contribution in [3.05, 3.63) is 0 Å². The van der Waals surface area contributed by atoms with Crippen LogP contribution in [-0.4, -0.2) is 24.4 Å². The summed E-state index contributed by atoms with van der Waals surface area (Å²) >= 11 is 5.04. The molecule has 0 aromatic carbocycles. The Balaban J connectivity index is 1.82. The molecule has 94 valence electrons. The second-order valence-electron chi connectivity index (χ2n) is 4.53. The van der Waals surface area contributed by atoms with Crippen LogP contribution in [0.25, 0.3) is 0 Å². The minimum Gasteiger partial charge on any atom is -0.353 e. The highest BCUT2D eigenvalue weighted by molar-refractivity contribution is 7.80. The lowest BCUT2D eigenvalue weighted by atomic mass is 10.1. The quantitative estimate of drug-likeness (QED) is 0.477. The maximum atomic E-state index is 5.66. The van der Waals surface area contributed by atoms with Gasteiger partial charge in [0.2, 0.25) is 0 Å². The van der Waals surface area contributed by atoms with Gasteiger partial charge in [0.25, 0.3) is 0 Å². The standard InChI is InChI=1S/C13H24O2S/c1-12(16)8-4-2-3-6-10-14-13-9-5-7-11-15-13/h13H,2-11H2,1H3. The first kappa shape index (κ1) is 14.1. The summed E-state index contributed by atoms with van der Waals surface area (Å²) in [6.07, 6.45) is 9.59. The fourth-order valence-corrected chi connectivity index (χ4v) is 2.03. The first-order valence-electron chi connectivity index (χ1n) is 6.51. The monoisotopic (exact) mass is 244 g/mol. The summed E-state index contributed by atoms with van der Waals surface area (Å²) < 4.78 is 11.2. The van der Waals surface area contributed by atoms with Crippen LogP contribution >= 0.6 is 12.2 Å². The van der Waals surface area contributed by atoms with Crippen LogP contribution in [0.5, 0.6) is 0 Å². The van der Waals surface area contributed by atoms with E-state index in [2.05, 4.69) is 0 Å². The molecule has 1 aliphatic heterocycles. The van der Waals surface area contributed by atoms with E-state index in [1.807, 2.05) is 6.92 Å². The van der Waals surface area contributed by atoms with E-state index in [1.165, 1.54) is 32.1 Å². The van der Waals surface area contributed by atoms with Crippen LogP contribution in [-0.2, 0) is 9.47 Å². The zero-order chi connectivity index (χ0) is 11.6. The zero-order valence-electron chi connectivity index (χ0n) is 10.4. The molecule has 0 aromatic rings. The molecule has 0 spiro atoms. The summed E-state index contributed by atoms with van der Waals surface area (Å²) in [7, 11) is 0. The topological polar surface area (TPSA) is 18.5 Å². The Hall–Kier alpha value is 0.0100. The first-order chi connectivity index (χ1) is 7.79. The van der Waals surface area contributed by atoms with Gasteiger partial charge in [0.15, 0.2) is 6.29 Å². The van der Waals surface area contributed by atoms with E-state index in [-0.39, 0.29) is 6.29 Å². The molecule has 0 radical (unpaired) electrons. The van der Waals surface area contributed by atoms with Crippen LogP contribution in [0.1, 0.15) is 58.3 Å². The smallest absolute Gasteiger partial charge is 0.157 e. The van der Waals surface area contributed by atoms with Crippen molar-refractivity contribution in [3.8, 4) is 0 Å². The Kier molecular flexibility index (Phi) is 7.99. The molecule has 0 saturated carbocycles. The average Bonchev–Trinajstić information content (AvgIpc) is 2.29. The van der Waals surface area contributed by atoms with Gasteiger partial charge in [-0.3, -0.25) is 0 Å². The Labute approximate surface area is 105 Å². The van der Waals surface area contributed by atoms with Crippen molar-refractivity contribution in [2.75, 3.05) is 13.2 Å². The molecule has 0 bridgehead atoms. The Morgan fingerprint density at radius 1 is 1.25 bits per heavy atom. The fraction of sp³-hybridized carbons (Fsp3) is 0.923. The third-order valence-corrected chi connectivity index (χ3v) is 3.07. The summed E-state index contributed by atoms with van der Waals surface area (Å²) in [5, 5.41) is 0. The van der Waals surface area contributed by atoms with Crippen molar-refractivity contribution in [2.45, 2.75) is 64.6 Å². The van der Waals surface area contributed by atoms with Crippen LogP contribution in [0, 0.1) is 0 Å². The Bertz CT molecular complexity index is 188. The highest BCUT2D eigenvalue weighted by atomic mass is 32.1. The maximum absolute atomic E-state index is 5.66. The second-order valence-corrected chi connectivity index (χ2v) is 5.23. The van der Waals surface area contributed by atoms with Gasteiger partial charge in [-0.1, -0.05) is 25.1 Å². The minimum absolute atomic E-state index is 0.0805. The third kappa shape index (κ3) is 7.31. The first-order valence-corrected chi connectivity index (χ1v) is 6.92. The summed E-state index contributed by atoms with van der Waals surface area (Å²) in [6.45, 7) is 3.75. The molecule has 1 fully saturated rings. The number of hydrogen-bond donors (Lipinski definition) is 0. The van der Waals surface area contributed by atoms with E-state index in [0.717, 1.165) is 37.3 Å². The van der Waals surface area contributed by atoms with Gasteiger partial charge >= 0.3 is 0 Å². The molecule has 0 N–H and O–H groups in total. The number of thiocarbonyl (C=S) groups is 1. The molecule has 0 aliphatic carbocycles. The Morgan fingerprint density at radius 2 is 2.06 bits per heavy atom. The van der Waals surface area contributed by atoms with Crippen molar-refractivity contribution in [2.24, 2.45) is 0 Å². The van der Waals surface area contributed by atoms with Gasteiger partial charge in [-0.2, -0.15) is 0 Å². The van der Waals surface area contributed by atoms with Crippen LogP contribution in [0.15, 0.2) is 0 Å². The van der Waals surface area contributed by atoms with Crippen LogP contribution < -0.4 is 0 Å². The summed E-state index contributed by atoms with van der Waals surface area (Å²) in [6, 6.07) is 0. The van der Waals surface area contributed by atoms with Crippen LogP contribution in [0.4, 0.5) is 0 Å². The number of rotatable bonds is 8. The molecule has 1 unspecified atom stereocenters. The molecular weight excluding hydrogens is 220 g/mol. The van der Waals surface area contributed by atoms with E-state index in [0.29, 0.717) is 0 Å². The van der Waals surface area contributed by atoms with Gasteiger partial charge in [0.1, 0.15) is 0 Å². The molecule has 0 aromatic heterocycles. The van der Waals surface area contributed by atoms with Gasteiger partial charge in [-0.15, -0.1) is 0 Å². The molecular formula is C13H24O2S. The summed E-state index contributed by atoms with van der Waals surface area (Å²) in [4.78, 5) is 1.13. The largest absolute Gasteiger partial charge is 0.353 e. The molecule has 16 heavy (non-hydrogen) atoms. The van der Waals surface area contributed by atoms with Crippen molar-refractivity contribution in [3.63, 3.8) is 0 Å². The van der Waals surface area contributed by atoms with Crippen LogP contribution in [0.2, 0.25) is 0 Å². The van der Waals surface area contributed by atoms with E-state index in [4.69, 9.17) is 21.7 Å². The number of hydrogen-bond acceptors (Lipinski definition) is 3. The van der Waals surface area contributed by atoms with Gasteiger partial charge in [0, 0.05) is 13.2 Å². The predicted octanol–water partition coefficient (Wildman–Crippen LogP) is 3.87. The molecule has 3 heteroatoms. The van der Waals surface area contributed by atoms with Crippen LogP contribution in [0.3, 0.4) is 0 Å². The highest BCUT2D eigenvalue weighted by Gasteiger charge is 2.13. The molecule has 2 nitrogen and oxygen atoms in total.